The molecule has 1 aliphatic heterocycles. The Morgan fingerprint density at radius 2 is 2.03 bits per heavy atom. The van der Waals surface area contributed by atoms with Crippen LogP contribution in [0.3, 0.4) is 0 Å². The predicted molar refractivity (Wildman–Crippen MR) is 116 cm³/mol. The topological polar surface area (TPSA) is 61.4 Å². The molecule has 1 aliphatic rings. The summed E-state index contributed by atoms with van der Waals surface area (Å²) in [6.45, 7) is 5.02. The number of nitrogens with zero attached hydrogens (tertiary/aromatic N) is 4. The van der Waals surface area contributed by atoms with Crippen LogP contribution in [-0.4, -0.2) is 47.0 Å². The molecule has 150 valence electrons. The van der Waals surface area contributed by atoms with Crippen molar-refractivity contribution < 1.29 is 4.79 Å². The van der Waals surface area contributed by atoms with Gasteiger partial charge in [-0.25, -0.2) is 4.98 Å². The van der Waals surface area contributed by atoms with Crippen LogP contribution in [0.1, 0.15) is 21.1 Å². The number of carbonyl (C=O) groups is 1. The highest BCUT2D eigenvalue weighted by atomic mass is 35.5. The quantitative estimate of drug-likeness (QED) is 0.652. The van der Waals surface area contributed by atoms with E-state index in [2.05, 4.69) is 31.2 Å². The number of halogens is 1. The highest BCUT2D eigenvalue weighted by Crippen LogP contribution is 2.21. The fraction of sp³-hybridized carbons (Fsp3) is 0.286. The van der Waals surface area contributed by atoms with Crippen molar-refractivity contribution >= 4 is 34.5 Å². The molecule has 6 nitrogen and oxygen atoms in total. The first-order valence-electron chi connectivity index (χ1n) is 9.52. The summed E-state index contributed by atoms with van der Waals surface area (Å²) in [5, 5.41) is 6.46. The maximum absolute atomic E-state index is 12.3. The summed E-state index contributed by atoms with van der Waals surface area (Å²) >= 11 is 7.64. The zero-order valence-corrected chi connectivity index (χ0v) is 17.5. The molecule has 1 saturated heterocycles. The number of anilines is 1. The van der Waals surface area contributed by atoms with E-state index in [-0.39, 0.29) is 5.91 Å². The van der Waals surface area contributed by atoms with Crippen molar-refractivity contribution in [1.29, 1.82) is 0 Å². The van der Waals surface area contributed by atoms with Gasteiger partial charge >= 0.3 is 0 Å². The number of piperazine rings is 1. The molecule has 4 rings (SSSR count). The zero-order chi connectivity index (χ0) is 20.1. The molecule has 0 atom stereocenters. The second kappa shape index (κ2) is 9.35. The largest absolute Gasteiger partial charge is 0.369 e. The molecule has 29 heavy (non-hydrogen) atoms. The molecule has 3 heterocycles. The monoisotopic (exact) mass is 427 g/mol. The van der Waals surface area contributed by atoms with Crippen LogP contribution in [0, 0.1) is 0 Å². The lowest BCUT2D eigenvalue weighted by molar-refractivity contribution is 0.0946. The number of pyridine rings is 1. The van der Waals surface area contributed by atoms with E-state index in [1.54, 1.807) is 12.4 Å². The molecule has 0 radical (unpaired) electrons. The molecule has 1 fully saturated rings. The van der Waals surface area contributed by atoms with E-state index in [1.165, 1.54) is 17.0 Å². The Hall–Kier alpha value is -2.48. The van der Waals surface area contributed by atoms with Crippen LogP contribution < -0.4 is 10.2 Å². The van der Waals surface area contributed by atoms with Crippen LogP contribution >= 0.6 is 22.9 Å². The Morgan fingerprint density at radius 1 is 1.17 bits per heavy atom. The van der Waals surface area contributed by atoms with Crippen LogP contribution in [0.4, 0.5) is 5.69 Å². The Balaban J connectivity index is 1.27. The van der Waals surface area contributed by atoms with Gasteiger partial charge in [0.1, 0.15) is 10.7 Å². The van der Waals surface area contributed by atoms with Gasteiger partial charge in [-0.2, -0.15) is 0 Å². The maximum Gasteiger partial charge on any atom is 0.271 e. The molecule has 0 spiro atoms. The average molecular weight is 428 g/mol. The normalized spacial score (nSPS) is 14.7. The maximum atomic E-state index is 12.3. The van der Waals surface area contributed by atoms with Gasteiger partial charge in [-0.05, 0) is 29.8 Å². The van der Waals surface area contributed by atoms with Gasteiger partial charge in [0.25, 0.3) is 5.91 Å². The molecule has 0 unspecified atom stereocenters. The number of hydrogen-bond donors (Lipinski definition) is 1. The van der Waals surface area contributed by atoms with E-state index in [1.807, 2.05) is 35.7 Å². The SMILES string of the molecule is O=C(NCc1cccnc1)c1csc(CN2CCN(c3cccc(Cl)c3)CC2)n1. The molecule has 1 aromatic carbocycles. The molecule has 0 aliphatic carbocycles. The van der Waals surface area contributed by atoms with E-state index < -0.39 is 0 Å². The van der Waals surface area contributed by atoms with Crippen LogP contribution in [0.15, 0.2) is 54.2 Å². The molecule has 8 heteroatoms. The molecule has 1 amide bonds. The molecule has 3 aromatic rings. The van der Waals surface area contributed by atoms with Crippen molar-refractivity contribution in [3.8, 4) is 0 Å². The minimum absolute atomic E-state index is 0.151. The summed E-state index contributed by atoms with van der Waals surface area (Å²) in [6.07, 6.45) is 3.46. The Morgan fingerprint density at radius 3 is 2.79 bits per heavy atom. The van der Waals surface area contributed by atoms with Crippen molar-refractivity contribution in [3.63, 3.8) is 0 Å². The third kappa shape index (κ3) is 5.32. The lowest BCUT2D eigenvalue weighted by atomic mass is 10.2. The highest BCUT2D eigenvalue weighted by Gasteiger charge is 2.19. The van der Waals surface area contributed by atoms with Crippen molar-refractivity contribution in [1.82, 2.24) is 20.2 Å². The number of thiazole rings is 1. The zero-order valence-electron chi connectivity index (χ0n) is 15.9. The third-order valence-corrected chi connectivity index (χ3v) is 5.93. The number of rotatable bonds is 6. The van der Waals surface area contributed by atoms with E-state index in [0.29, 0.717) is 12.2 Å². The lowest BCUT2D eigenvalue weighted by Gasteiger charge is -2.35. The van der Waals surface area contributed by atoms with Crippen molar-refractivity contribution in [2.24, 2.45) is 0 Å². The Kier molecular flexibility index (Phi) is 6.39. The second-order valence-electron chi connectivity index (χ2n) is 6.91. The van der Waals surface area contributed by atoms with Gasteiger partial charge in [-0.1, -0.05) is 23.7 Å². The Bertz CT molecular complexity index is 956. The number of amides is 1. The number of aromatic nitrogens is 2. The lowest BCUT2D eigenvalue weighted by Crippen LogP contribution is -2.45. The van der Waals surface area contributed by atoms with Crippen molar-refractivity contribution in [3.05, 3.63) is 75.5 Å². The van der Waals surface area contributed by atoms with E-state index in [9.17, 15) is 4.79 Å². The number of nitrogens with one attached hydrogen (secondary N) is 1. The first kappa shape index (κ1) is 19.8. The summed E-state index contributed by atoms with van der Waals surface area (Å²) in [6, 6.07) is 11.8. The molecular formula is C21H22ClN5OS. The van der Waals surface area contributed by atoms with Gasteiger partial charge in [-0.3, -0.25) is 14.7 Å². The van der Waals surface area contributed by atoms with Crippen molar-refractivity contribution in [2.75, 3.05) is 31.1 Å². The number of benzene rings is 1. The standard InChI is InChI=1S/C21H22ClN5OS/c22-17-4-1-5-18(11-17)27-9-7-26(8-10-27)14-20-25-19(15-29-20)21(28)24-13-16-3-2-6-23-12-16/h1-6,11-12,15H,7-10,13-14H2,(H,24,28). The molecule has 2 aromatic heterocycles. The Labute approximate surface area is 179 Å². The summed E-state index contributed by atoms with van der Waals surface area (Å²) in [5.74, 6) is -0.151. The molecular weight excluding hydrogens is 406 g/mol. The molecule has 1 N–H and O–H groups in total. The van der Waals surface area contributed by atoms with Gasteiger partial charge in [0.05, 0.1) is 6.54 Å². The van der Waals surface area contributed by atoms with Gasteiger partial charge in [-0.15, -0.1) is 11.3 Å². The van der Waals surface area contributed by atoms with Gasteiger partial charge in [0, 0.05) is 61.2 Å². The van der Waals surface area contributed by atoms with Gasteiger partial charge in [0.2, 0.25) is 0 Å². The average Bonchev–Trinajstić information content (AvgIpc) is 3.22. The van der Waals surface area contributed by atoms with Gasteiger partial charge < -0.3 is 10.2 Å². The number of hydrogen-bond acceptors (Lipinski definition) is 6. The van der Waals surface area contributed by atoms with E-state index in [0.717, 1.165) is 48.3 Å². The fourth-order valence-electron chi connectivity index (χ4n) is 3.29. The minimum Gasteiger partial charge on any atom is -0.369 e. The first-order chi connectivity index (χ1) is 14.2. The van der Waals surface area contributed by atoms with Gasteiger partial charge in [0.15, 0.2) is 0 Å². The molecule has 0 saturated carbocycles. The summed E-state index contributed by atoms with van der Waals surface area (Å²) in [7, 11) is 0. The smallest absolute Gasteiger partial charge is 0.271 e. The van der Waals surface area contributed by atoms with E-state index >= 15 is 0 Å². The van der Waals surface area contributed by atoms with Crippen molar-refractivity contribution in [2.45, 2.75) is 13.1 Å². The second-order valence-corrected chi connectivity index (χ2v) is 8.29. The summed E-state index contributed by atoms with van der Waals surface area (Å²) in [4.78, 5) is 25.6. The highest BCUT2D eigenvalue weighted by molar-refractivity contribution is 7.09. The minimum atomic E-state index is -0.151. The fourth-order valence-corrected chi connectivity index (χ4v) is 4.29. The van der Waals surface area contributed by atoms with Crippen LogP contribution in [-0.2, 0) is 13.1 Å². The van der Waals surface area contributed by atoms with Crippen LogP contribution in [0.25, 0.3) is 0 Å². The third-order valence-electron chi connectivity index (χ3n) is 4.86. The number of carbonyl (C=O) groups excluding carboxylic acids is 1. The van der Waals surface area contributed by atoms with E-state index in [4.69, 9.17) is 11.6 Å². The first-order valence-corrected chi connectivity index (χ1v) is 10.8. The summed E-state index contributed by atoms with van der Waals surface area (Å²) in [5.41, 5.74) is 2.61. The summed E-state index contributed by atoms with van der Waals surface area (Å²) < 4.78 is 0. The van der Waals surface area contributed by atoms with Crippen LogP contribution in [0.5, 0.6) is 0 Å². The molecule has 0 bridgehead atoms. The predicted octanol–water partition coefficient (Wildman–Crippen LogP) is 3.44. The van der Waals surface area contributed by atoms with Crippen LogP contribution in [0.2, 0.25) is 5.02 Å².